The van der Waals surface area contributed by atoms with E-state index >= 15 is 0 Å². The van der Waals surface area contributed by atoms with Gasteiger partial charge in [0.15, 0.2) is 6.04 Å². The van der Waals surface area contributed by atoms with Crippen molar-refractivity contribution in [3.63, 3.8) is 0 Å². The van der Waals surface area contributed by atoms with Crippen molar-refractivity contribution in [1.82, 2.24) is 4.57 Å². The van der Waals surface area contributed by atoms with E-state index in [0.717, 1.165) is 28.5 Å². The average molecular weight is 510 g/mol. The molecule has 5 rings (SSSR count). The number of anilines is 1. The summed E-state index contributed by atoms with van der Waals surface area (Å²) in [6.45, 7) is 0.0394. The number of halogens is 3. The minimum Gasteiger partial charge on any atom is -0.480 e. The summed E-state index contributed by atoms with van der Waals surface area (Å²) in [5.74, 6) is -0.851. The first-order valence-corrected chi connectivity index (χ1v) is 12.1. The molecule has 36 heavy (non-hydrogen) atoms. The summed E-state index contributed by atoms with van der Waals surface area (Å²) in [6.07, 6.45) is -3.95. The van der Waals surface area contributed by atoms with Gasteiger partial charge in [0, 0.05) is 17.9 Å². The molecule has 1 aliphatic heterocycles. The van der Waals surface area contributed by atoms with E-state index in [4.69, 9.17) is 0 Å². The molecular formula is C27H22F3N2O3P. The number of benzene rings is 3. The van der Waals surface area contributed by atoms with Crippen molar-refractivity contribution in [2.24, 2.45) is 0 Å². The number of fused-ring (bicyclic) bond motifs is 2. The standard InChI is InChI=1S/C27H22F3N2O3P/c28-27(29,30)20-9-4-8-18(12-20)24-19(11-17-7-3-6-16-5-1-2-10-21(16)17)13-23(33)32-22(26(34)35)14-31(15-36)25(24)32/h1-10,12-13,22H,11,14-15,36H2,(H,34,35). The van der Waals surface area contributed by atoms with Gasteiger partial charge in [0.25, 0.3) is 5.56 Å². The van der Waals surface area contributed by atoms with Crippen LogP contribution < -0.4 is 10.5 Å². The van der Waals surface area contributed by atoms with Gasteiger partial charge in [0.1, 0.15) is 5.82 Å². The Balaban J connectivity index is 1.80. The number of carboxylic acid groups (broad SMARTS) is 1. The van der Waals surface area contributed by atoms with E-state index in [-0.39, 0.29) is 12.1 Å². The lowest BCUT2D eigenvalue weighted by molar-refractivity contribution is -0.140. The number of nitrogens with zero attached hydrogens (tertiary/aromatic N) is 2. The summed E-state index contributed by atoms with van der Waals surface area (Å²) in [4.78, 5) is 27.0. The van der Waals surface area contributed by atoms with Crippen LogP contribution in [0.3, 0.4) is 0 Å². The van der Waals surface area contributed by atoms with Gasteiger partial charge in [-0.2, -0.15) is 13.2 Å². The fraction of sp³-hybridized carbons (Fsp3) is 0.185. The summed E-state index contributed by atoms with van der Waals surface area (Å²) in [5, 5.41) is 11.8. The minimum atomic E-state index is -4.55. The van der Waals surface area contributed by atoms with E-state index in [1.54, 1.807) is 11.0 Å². The molecule has 5 nitrogen and oxygen atoms in total. The van der Waals surface area contributed by atoms with Crippen molar-refractivity contribution in [3.8, 4) is 11.1 Å². The zero-order valence-corrected chi connectivity index (χ0v) is 20.2. The van der Waals surface area contributed by atoms with E-state index in [0.29, 0.717) is 29.7 Å². The highest BCUT2D eigenvalue weighted by atomic mass is 31.0. The van der Waals surface area contributed by atoms with Crippen LogP contribution in [0, 0.1) is 0 Å². The number of hydrogen-bond acceptors (Lipinski definition) is 3. The molecule has 3 aromatic carbocycles. The Kier molecular flexibility index (Phi) is 6.08. The normalized spacial score (nSPS) is 15.3. The SMILES string of the molecule is O=C(O)C1CN(CP)c2c(-c3cccc(C(F)(F)F)c3)c(Cc3cccc4ccccc34)cc(=O)n21. The molecule has 1 aliphatic rings. The molecule has 0 radical (unpaired) electrons. The highest BCUT2D eigenvalue weighted by molar-refractivity contribution is 7.16. The van der Waals surface area contributed by atoms with Crippen molar-refractivity contribution < 1.29 is 23.1 Å². The maximum Gasteiger partial charge on any atom is 0.416 e. The molecule has 0 saturated carbocycles. The number of hydrogen-bond donors (Lipinski definition) is 1. The molecule has 2 unspecified atom stereocenters. The van der Waals surface area contributed by atoms with Crippen molar-refractivity contribution >= 4 is 31.8 Å². The Labute approximate surface area is 207 Å². The fourth-order valence-corrected chi connectivity index (χ4v) is 5.28. The van der Waals surface area contributed by atoms with Gasteiger partial charge in [0.2, 0.25) is 0 Å². The monoisotopic (exact) mass is 510 g/mol. The van der Waals surface area contributed by atoms with Crippen molar-refractivity contribution in [1.29, 1.82) is 0 Å². The Morgan fingerprint density at radius 2 is 1.72 bits per heavy atom. The predicted octanol–water partition coefficient (Wildman–Crippen LogP) is 5.56. The van der Waals surface area contributed by atoms with Crippen LogP contribution in [0.5, 0.6) is 0 Å². The quantitative estimate of drug-likeness (QED) is 0.358. The van der Waals surface area contributed by atoms with Crippen LogP contribution >= 0.6 is 9.24 Å². The van der Waals surface area contributed by atoms with Gasteiger partial charge in [-0.25, -0.2) is 4.79 Å². The minimum absolute atomic E-state index is 0.0394. The molecule has 1 aromatic heterocycles. The Morgan fingerprint density at radius 3 is 2.44 bits per heavy atom. The largest absolute Gasteiger partial charge is 0.480 e. The van der Waals surface area contributed by atoms with Crippen molar-refractivity contribution in [2.75, 3.05) is 17.7 Å². The predicted molar refractivity (Wildman–Crippen MR) is 136 cm³/mol. The maximum absolute atomic E-state index is 13.6. The first-order valence-electron chi connectivity index (χ1n) is 11.3. The number of alkyl halides is 3. The number of carboxylic acids is 1. The van der Waals surface area contributed by atoms with Crippen molar-refractivity contribution in [3.05, 3.63) is 99.8 Å². The first-order chi connectivity index (χ1) is 17.2. The second-order valence-electron chi connectivity index (χ2n) is 8.73. The first kappa shape index (κ1) is 24.1. The zero-order chi connectivity index (χ0) is 25.6. The third-order valence-corrected chi connectivity index (χ3v) is 7.00. The summed E-state index contributed by atoms with van der Waals surface area (Å²) < 4.78 is 42.0. The zero-order valence-electron chi connectivity index (χ0n) is 19.0. The molecule has 0 amide bonds. The molecule has 184 valence electrons. The molecule has 0 fully saturated rings. The Hall–Kier alpha value is -3.64. The highest BCUT2D eigenvalue weighted by Crippen LogP contribution is 2.42. The lowest BCUT2D eigenvalue weighted by atomic mass is 9.92. The number of rotatable bonds is 5. The molecule has 2 heterocycles. The summed E-state index contributed by atoms with van der Waals surface area (Å²) in [7, 11) is 2.51. The van der Waals surface area contributed by atoms with E-state index < -0.39 is 29.3 Å². The second-order valence-corrected chi connectivity index (χ2v) is 9.09. The van der Waals surface area contributed by atoms with Gasteiger partial charge in [-0.3, -0.25) is 9.36 Å². The molecule has 0 bridgehead atoms. The van der Waals surface area contributed by atoms with E-state index in [9.17, 15) is 27.9 Å². The van der Waals surface area contributed by atoms with Crippen LogP contribution in [-0.2, 0) is 17.4 Å². The van der Waals surface area contributed by atoms with Gasteiger partial charge in [-0.1, -0.05) is 54.6 Å². The Morgan fingerprint density at radius 1 is 1.00 bits per heavy atom. The third kappa shape index (κ3) is 4.16. The van der Waals surface area contributed by atoms with Gasteiger partial charge < -0.3 is 10.0 Å². The lowest BCUT2D eigenvalue weighted by Gasteiger charge is -2.23. The van der Waals surface area contributed by atoms with Crippen LogP contribution in [0.4, 0.5) is 19.0 Å². The van der Waals surface area contributed by atoms with E-state index in [1.807, 2.05) is 42.5 Å². The molecule has 0 spiro atoms. The lowest BCUT2D eigenvalue weighted by Crippen LogP contribution is -2.28. The van der Waals surface area contributed by atoms with Gasteiger partial charge in [-0.05, 0) is 46.0 Å². The molecule has 1 N–H and O–H groups in total. The molecule has 4 aromatic rings. The molecular weight excluding hydrogens is 488 g/mol. The number of aliphatic carboxylic acids is 1. The van der Waals surface area contributed by atoms with E-state index in [1.165, 1.54) is 16.7 Å². The van der Waals surface area contributed by atoms with Crippen LogP contribution in [-0.4, -0.2) is 28.5 Å². The van der Waals surface area contributed by atoms with Crippen LogP contribution in [0.1, 0.15) is 22.7 Å². The van der Waals surface area contributed by atoms with Gasteiger partial charge in [0.05, 0.1) is 12.1 Å². The van der Waals surface area contributed by atoms with E-state index in [2.05, 4.69) is 9.24 Å². The average Bonchev–Trinajstić information content (AvgIpc) is 3.24. The Bertz CT molecular complexity index is 1540. The van der Waals surface area contributed by atoms with Crippen molar-refractivity contribution in [2.45, 2.75) is 18.6 Å². The smallest absolute Gasteiger partial charge is 0.416 e. The van der Waals surface area contributed by atoms with Crippen LogP contribution in [0.25, 0.3) is 21.9 Å². The van der Waals surface area contributed by atoms with Gasteiger partial charge in [-0.15, -0.1) is 9.24 Å². The molecule has 0 aliphatic carbocycles. The molecule has 0 saturated heterocycles. The summed E-state index contributed by atoms with van der Waals surface area (Å²) >= 11 is 0. The molecule has 9 heteroatoms. The highest BCUT2D eigenvalue weighted by Gasteiger charge is 2.37. The number of pyridine rings is 1. The van der Waals surface area contributed by atoms with Crippen LogP contribution in [0.2, 0.25) is 0 Å². The summed E-state index contributed by atoms with van der Waals surface area (Å²) in [6, 6.07) is 18.7. The van der Waals surface area contributed by atoms with Gasteiger partial charge >= 0.3 is 12.1 Å². The molecule has 2 atom stereocenters. The number of carbonyl (C=O) groups is 1. The summed E-state index contributed by atoms with van der Waals surface area (Å²) in [5.41, 5.74) is 0.848. The second kappa shape index (κ2) is 9.10. The maximum atomic E-state index is 13.6. The number of aromatic nitrogens is 1. The third-order valence-electron chi connectivity index (χ3n) is 6.56. The topological polar surface area (TPSA) is 62.5 Å². The fourth-order valence-electron chi connectivity index (χ4n) is 4.95. The van der Waals surface area contributed by atoms with Crippen LogP contribution in [0.15, 0.2) is 77.6 Å².